The number of rotatable bonds is 6. The van der Waals surface area contributed by atoms with Crippen LogP contribution in [0.1, 0.15) is 30.1 Å². The predicted molar refractivity (Wildman–Crippen MR) is 108 cm³/mol. The normalized spacial score (nSPS) is 16.2. The van der Waals surface area contributed by atoms with Crippen molar-refractivity contribution in [2.75, 3.05) is 19.0 Å². The number of anilines is 2. The third-order valence-corrected chi connectivity index (χ3v) is 5.38. The molecule has 7 nitrogen and oxygen atoms in total. The van der Waals surface area contributed by atoms with Crippen LogP contribution < -0.4 is 10.1 Å². The van der Waals surface area contributed by atoms with Crippen LogP contribution in [0.25, 0.3) is 0 Å². The summed E-state index contributed by atoms with van der Waals surface area (Å²) in [4.78, 5) is 19.6. The van der Waals surface area contributed by atoms with Gasteiger partial charge in [0, 0.05) is 6.54 Å². The van der Waals surface area contributed by atoms with Crippen LogP contribution in [0.5, 0.6) is 5.75 Å². The van der Waals surface area contributed by atoms with E-state index in [1.165, 1.54) is 11.3 Å². The Morgan fingerprint density at radius 3 is 3.04 bits per heavy atom. The van der Waals surface area contributed by atoms with E-state index in [0.29, 0.717) is 17.4 Å². The second kappa shape index (κ2) is 8.35. The Morgan fingerprint density at radius 2 is 2.21 bits per heavy atom. The summed E-state index contributed by atoms with van der Waals surface area (Å²) in [5, 5.41) is 11.7. The van der Waals surface area contributed by atoms with Gasteiger partial charge in [-0.2, -0.15) is 0 Å². The quantitative estimate of drug-likeness (QED) is 0.687. The number of pyridine rings is 1. The summed E-state index contributed by atoms with van der Waals surface area (Å²) in [5.74, 6) is 1.58. The van der Waals surface area contributed by atoms with Crippen molar-refractivity contribution in [2.45, 2.75) is 25.3 Å². The Labute approximate surface area is 167 Å². The molecular weight excluding hydrogens is 374 g/mol. The molecule has 3 aromatic rings. The number of likely N-dealkylation sites (tertiary alicyclic amines) is 1. The zero-order valence-corrected chi connectivity index (χ0v) is 16.4. The van der Waals surface area contributed by atoms with Crippen molar-refractivity contribution in [3.63, 3.8) is 0 Å². The molecule has 0 aliphatic carbocycles. The second-order valence-corrected chi connectivity index (χ2v) is 7.42. The average Bonchev–Trinajstić information content (AvgIpc) is 3.40. The highest BCUT2D eigenvalue weighted by Crippen LogP contribution is 2.32. The van der Waals surface area contributed by atoms with Crippen LogP contribution in [-0.4, -0.2) is 39.6 Å². The van der Waals surface area contributed by atoms with Gasteiger partial charge in [-0.1, -0.05) is 29.5 Å². The smallest absolute Gasteiger partial charge is 0.227 e. The van der Waals surface area contributed by atoms with E-state index in [4.69, 9.17) is 9.72 Å². The summed E-state index contributed by atoms with van der Waals surface area (Å²) >= 11 is 1.42. The van der Waals surface area contributed by atoms with Gasteiger partial charge in [0.15, 0.2) is 0 Å². The van der Waals surface area contributed by atoms with Gasteiger partial charge in [-0.15, -0.1) is 10.2 Å². The molecule has 0 saturated carbocycles. The van der Waals surface area contributed by atoms with Crippen molar-refractivity contribution in [3.8, 4) is 5.75 Å². The lowest BCUT2D eigenvalue weighted by molar-refractivity contribution is -0.131. The summed E-state index contributed by atoms with van der Waals surface area (Å²) in [6.45, 7) is 0.753. The number of aromatic nitrogens is 3. The van der Waals surface area contributed by atoms with Crippen molar-refractivity contribution in [1.29, 1.82) is 0 Å². The van der Waals surface area contributed by atoms with E-state index in [-0.39, 0.29) is 11.9 Å². The number of carbonyl (C=O) groups excluding carboxylic acids is 1. The number of nitrogens with one attached hydrogen (secondary N) is 1. The Balaban J connectivity index is 1.49. The first kappa shape index (κ1) is 18.4. The minimum Gasteiger partial charge on any atom is -0.497 e. The number of nitrogens with zero attached hydrogens (tertiary/aromatic N) is 4. The van der Waals surface area contributed by atoms with Gasteiger partial charge < -0.3 is 15.0 Å². The fraction of sp³-hybridized carbons (Fsp3) is 0.300. The third kappa shape index (κ3) is 4.12. The highest BCUT2D eigenvalue weighted by Gasteiger charge is 2.31. The molecule has 1 saturated heterocycles. The topological polar surface area (TPSA) is 80.2 Å². The zero-order valence-electron chi connectivity index (χ0n) is 15.5. The monoisotopic (exact) mass is 395 g/mol. The van der Waals surface area contributed by atoms with Crippen molar-refractivity contribution in [3.05, 3.63) is 59.2 Å². The number of carbonyl (C=O) groups is 1. The molecule has 1 aromatic carbocycles. The largest absolute Gasteiger partial charge is 0.497 e. The average molecular weight is 395 g/mol. The molecule has 1 N–H and O–H groups in total. The van der Waals surface area contributed by atoms with Crippen LogP contribution in [0, 0.1) is 0 Å². The molecule has 4 rings (SSSR count). The molecule has 0 spiro atoms. The third-order valence-electron chi connectivity index (χ3n) is 4.77. The van der Waals surface area contributed by atoms with E-state index in [2.05, 4.69) is 15.5 Å². The maximum atomic E-state index is 13.0. The number of hydrogen-bond donors (Lipinski definition) is 1. The summed E-state index contributed by atoms with van der Waals surface area (Å²) in [7, 11) is 1.63. The van der Waals surface area contributed by atoms with Crippen LogP contribution in [0.2, 0.25) is 0 Å². The van der Waals surface area contributed by atoms with Crippen LogP contribution >= 0.6 is 11.3 Å². The van der Waals surface area contributed by atoms with Gasteiger partial charge in [0.2, 0.25) is 11.0 Å². The lowest BCUT2D eigenvalue weighted by Gasteiger charge is -2.25. The highest BCUT2D eigenvalue weighted by molar-refractivity contribution is 7.13. The minimum atomic E-state index is -0.00530. The van der Waals surface area contributed by atoms with E-state index in [1.807, 2.05) is 47.4 Å². The minimum absolute atomic E-state index is 0.00530. The Kier molecular flexibility index (Phi) is 5.48. The highest BCUT2D eigenvalue weighted by atomic mass is 32.1. The van der Waals surface area contributed by atoms with Crippen molar-refractivity contribution >= 4 is 28.2 Å². The summed E-state index contributed by atoms with van der Waals surface area (Å²) < 4.78 is 5.26. The van der Waals surface area contributed by atoms with Crippen molar-refractivity contribution in [2.24, 2.45) is 0 Å². The van der Waals surface area contributed by atoms with Crippen molar-refractivity contribution in [1.82, 2.24) is 20.1 Å². The lowest BCUT2D eigenvalue weighted by atomic mass is 10.1. The van der Waals surface area contributed by atoms with Gasteiger partial charge in [-0.25, -0.2) is 4.98 Å². The van der Waals surface area contributed by atoms with Crippen LogP contribution in [0.3, 0.4) is 0 Å². The fourth-order valence-corrected chi connectivity index (χ4v) is 3.93. The maximum absolute atomic E-state index is 13.0. The van der Waals surface area contributed by atoms with E-state index in [9.17, 15) is 4.79 Å². The van der Waals surface area contributed by atoms with Crippen LogP contribution in [-0.2, 0) is 11.2 Å². The van der Waals surface area contributed by atoms with Crippen LogP contribution in [0.4, 0.5) is 10.9 Å². The molecule has 1 fully saturated rings. The number of ether oxygens (including phenoxy) is 1. The van der Waals surface area contributed by atoms with Gasteiger partial charge in [0.25, 0.3) is 0 Å². The van der Waals surface area contributed by atoms with E-state index in [0.717, 1.165) is 36.4 Å². The van der Waals surface area contributed by atoms with Gasteiger partial charge in [0.05, 0.1) is 25.3 Å². The van der Waals surface area contributed by atoms with Gasteiger partial charge in [0.1, 0.15) is 17.1 Å². The number of hydrogen-bond acceptors (Lipinski definition) is 7. The first-order valence-electron chi connectivity index (χ1n) is 9.15. The predicted octanol–water partition coefficient (Wildman–Crippen LogP) is 3.59. The SMILES string of the molecule is COc1cccc(CC(=O)N2CCCC2c2cccc(Nc3nncs3)n2)c1. The van der Waals surface area contributed by atoms with E-state index in [1.54, 1.807) is 12.6 Å². The number of methoxy groups -OCH3 is 1. The maximum Gasteiger partial charge on any atom is 0.227 e. The number of amides is 1. The molecule has 0 radical (unpaired) electrons. The first-order valence-corrected chi connectivity index (χ1v) is 10.0. The molecule has 8 heteroatoms. The molecule has 28 heavy (non-hydrogen) atoms. The molecule has 0 bridgehead atoms. The van der Waals surface area contributed by atoms with E-state index < -0.39 is 0 Å². The van der Waals surface area contributed by atoms with Crippen LogP contribution in [0.15, 0.2) is 48.0 Å². The van der Waals surface area contributed by atoms with Gasteiger partial charge in [-0.05, 0) is 42.7 Å². The Bertz CT molecular complexity index is 947. The zero-order chi connectivity index (χ0) is 19.3. The molecular formula is C20H21N5O2S. The van der Waals surface area contributed by atoms with Crippen molar-refractivity contribution < 1.29 is 9.53 Å². The number of benzene rings is 1. The molecule has 1 aliphatic heterocycles. The molecule has 1 atom stereocenters. The molecule has 2 aromatic heterocycles. The molecule has 3 heterocycles. The Hall–Kier alpha value is -3.00. The molecule has 1 aliphatic rings. The van der Waals surface area contributed by atoms with Gasteiger partial charge in [-0.3, -0.25) is 4.79 Å². The first-order chi connectivity index (χ1) is 13.7. The molecule has 1 amide bonds. The lowest BCUT2D eigenvalue weighted by Crippen LogP contribution is -2.32. The second-order valence-electron chi connectivity index (χ2n) is 6.59. The van der Waals surface area contributed by atoms with Gasteiger partial charge >= 0.3 is 0 Å². The summed E-state index contributed by atoms with van der Waals surface area (Å²) in [6.07, 6.45) is 2.25. The molecule has 144 valence electrons. The Morgan fingerprint density at radius 1 is 1.32 bits per heavy atom. The summed E-state index contributed by atoms with van der Waals surface area (Å²) in [5.41, 5.74) is 3.52. The molecule has 1 unspecified atom stereocenters. The standard InChI is InChI=1S/C20H21N5O2S/c1-27-15-6-2-5-14(11-15)12-19(26)25-10-4-8-17(25)16-7-3-9-18(22-16)23-20-24-21-13-28-20/h2-3,5-7,9,11,13,17H,4,8,10,12H2,1H3,(H,22,23,24). The van der Waals surface area contributed by atoms with E-state index >= 15 is 0 Å². The fourth-order valence-electron chi connectivity index (χ4n) is 3.48. The summed E-state index contributed by atoms with van der Waals surface area (Å²) in [6, 6.07) is 13.5.